The van der Waals surface area contributed by atoms with E-state index in [9.17, 15) is 8.78 Å². The number of aromatic nitrogens is 7. The first-order valence-electron chi connectivity index (χ1n) is 10.3. The zero-order valence-electron chi connectivity index (χ0n) is 16.9. The molecule has 0 bridgehead atoms. The molecule has 0 unspecified atom stereocenters. The molecule has 5 aromatic heterocycles. The number of rotatable bonds is 3. The number of hydrogen-bond donors (Lipinski definition) is 2. The van der Waals surface area contributed by atoms with Gasteiger partial charge in [-0.25, -0.2) is 23.7 Å². The Morgan fingerprint density at radius 3 is 2.66 bits per heavy atom. The van der Waals surface area contributed by atoms with Gasteiger partial charge in [-0.1, -0.05) is 6.07 Å². The number of anilines is 1. The standard InChI is InChI=1S/C22H18F2N8/c23-22(24)4-8-32(9-5-22)16-3-7-26-20-18(16)28-21(29-20)17-15-10-14(12-27-19(15)31-30-17)13-2-1-6-25-11-13/h1-3,6-7,10-12H,4-5,8-9H2,(H,26,28,29)(H,27,30,31). The maximum absolute atomic E-state index is 13.6. The molecule has 160 valence electrons. The summed E-state index contributed by atoms with van der Waals surface area (Å²) in [6, 6.07) is 7.67. The molecule has 0 atom stereocenters. The SMILES string of the molecule is FC1(F)CCN(c2ccnc3nc(-c4[nH]nc5ncc(-c6cccnc6)cc45)[nH]c23)CC1. The van der Waals surface area contributed by atoms with Gasteiger partial charge in [0.05, 0.1) is 11.1 Å². The topological polar surface area (TPSA) is 99.3 Å². The van der Waals surface area contributed by atoms with Crippen LogP contribution >= 0.6 is 0 Å². The van der Waals surface area contributed by atoms with Gasteiger partial charge in [-0.2, -0.15) is 5.10 Å². The first kappa shape index (κ1) is 18.8. The van der Waals surface area contributed by atoms with E-state index in [1.54, 1.807) is 24.8 Å². The molecular weight excluding hydrogens is 414 g/mol. The van der Waals surface area contributed by atoms with Crippen molar-refractivity contribution in [3.8, 4) is 22.6 Å². The molecule has 6 heterocycles. The van der Waals surface area contributed by atoms with Crippen LogP contribution in [0.3, 0.4) is 0 Å². The number of hydrogen-bond acceptors (Lipinski definition) is 6. The highest BCUT2D eigenvalue weighted by atomic mass is 19.3. The maximum Gasteiger partial charge on any atom is 0.251 e. The Labute approximate surface area is 180 Å². The fourth-order valence-corrected chi connectivity index (χ4v) is 4.13. The van der Waals surface area contributed by atoms with Crippen LogP contribution in [0.4, 0.5) is 14.5 Å². The van der Waals surface area contributed by atoms with Crippen LogP contribution in [-0.2, 0) is 0 Å². The molecule has 0 saturated carbocycles. The number of halogens is 2. The van der Waals surface area contributed by atoms with Crippen LogP contribution < -0.4 is 4.90 Å². The molecule has 0 aliphatic carbocycles. The fraction of sp³-hybridized carbons (Fsp3) is 0.227. The highest BCUT2D eigenvalue weighted by Gasteiger charge is 2.34. The van der Waals surface area contributed by atoms with Crippen LogP contribution in [0.15, 0.2) is 49.1 Å². The molecular formula is C22H18F2N8. The Balaban J connectivity index is 1.42. The Bertz CT molecular complexity index is 1420. The van der Waals surface area contributed by atoms with E-state index in [1.807, 2.05) is 29.2 Å². The lowest BCUT2D eigenvalue weighted by molar-refractivity contribution is -0.0220. The molecule has 5 aromatic rings. The number of imidazole rings is 1. The van der Waals surface area contributed by atoms with Crippen molar-refractivity contribution < 1.29 is 8.78 Å². The van der Waals surface area contributed by atoms with E-state index in [4.69, 9.17) is 0 Å². The number of alkyl halides is 2. The third-order valence-corrected chi connectivity index (χ3v) is 5.85. The summed E-state index contributed by atoms with van der Waals surface area (Å²) >= 11 is 0. The zero-order chi connectivity index (χ0) is 21.7. The maximum atomic E-state index is 13.6. The summed E-state index contributed by atoms with van der Waals surface area (Å²) in [4.78, 5) is 22.9. The zero-order valence-corrected chi connectivity index (χ0v) is 16.9. The monoisotopic (exact) mass is 432 g/mol. The van der Waals surface area contributed by atoms with E-state index in [0.717, 1.165) is 22.2 Å². The van der Waals surface area contributed by atoms with Crippen LogP contribution in [0.5, 0.6) is 0 Å². The largest absolute Gasteiger partial charge is 0.369 e. The molecule has 0 spiro atoms. The number of piperidine rings is 1. The number of nitrogens with one attached hydrogen (secondary N) is 2. The van der Waals surface area contributed by atoms with Gasteiger partial charge in [0, 0.05) is 61.8 Å². The molecule has 10 heteroatoms. The first-order chi connectivity index (χ1) is 15.6. The lowest BCUT2D eigenvalue weighted by atomic mass is 10.1. The Morgan fingerprint density at radius 2 is 1.84 bits per heavy atom. The lowest BCUT2D eigenvalue weighted by Gasteiger charge is -2.33. The molecule has 1 aliphatic heterocycles. The number of nitrogens with zero attached hydrogens (tertiary/aromatic N) is 6. The highest BCUT2D eigenvalue weighted by molar-refractivity contribution is 5.95. The first-order valence-corrected chi connectivity index (χ1v) is 10.3. The molecule has 8 nitrogen and oxygen atoms in total. The third-order valence-electron chi connectivity index (χ3n) is 5.85. The Hall–Kier alpha value is -3.95. The van der Waals surface area contributed by atoms with Gasteiger partial charge in [0.1, 0.15) is 11.2 Å². The molecule has 6 rings (SSSR count). The molecule has 1 saturated heterocycles. The van der Waals surface area contributed by atoms with Gasteiger partial charge in [0.15, 0.2) is 17.1 Å². The summed E-state index contributed by atoms with van der Waals surface area (Å²) in [6.45, 7) is 0.567. The van der Waals surface area contributed by atoms with Crippen molar-refractivity contribution in [2.24, 2.45) is 0 Å². The van der Waals surface area contributed by atoms with Crippen molar-refractivity contribution >= 4 is 27.9 Å². The molecule has 0 aromatic carbocycles. The van der Waals surface area contributed by atoms with E-state index in [2.05, 4.69) is 35.1 Å². The number of aromatic amines is 2. The number of H-pyrrole nitrogens is 2. The van der Waals surface area contributed by atoms with E-state index in [-0.39, 0.29) is 25.9 Å². The second kappa shape index (κ2) is 7.04. The molecule has 1 aliphatic rings. The van der Waals surface area contributed by atoms with Gasteiger partial charge in [0.25, 0.3) is 5.92 Å². The summed E-state index contributed by atoms with van der Waals surface area (Å²) in [5, 5.41) is 8.13. The van der Waals surface area contributed by atoms with E-state index in [1.165, 1.54) is 0 Å². The lowest BCUT2D eigenvalue weighted by Crippen LogP contribution is -2.39. The Kier molecular flexibility index (Phi) is 4.14. The Morgan fingerprint density at radius 1 is 0.969 bits per heavy atom. The minimum atomic E-state index is -2.60. The minimum Gasteiger partial charge on any atom is -0.369 e. The van der Waals surface area contributed by atoms with Crippen molar-refractivity contribution in [3.63, 3.8) is 0 Å². The van der Waals surface area contributed by atoms with E-state index < -0.39 is 5.92 Å². The highest BCUT2D eigenvalue weighted by Crippen LogP contribution is 2.34. The molecule has 1 fully saturated rings. The average molecular weight is 432 g/mol. The van der Waals surface area contributed by atoms with Gasteiger partial charge in [0.2, 0.25) is 0 Å². The van der Waals surface area contributed by atoms with Gasteiger partial charge in [-0.05, 0) is 18.2 Å². The summed E-state index contributed by atoms with van der Waals surface area (Å²) in [5.74, 6) is -2.04. The van der Waals surface area contributed by atoms with Crippen LogP contribution in [0.25, 0.3) is 44.8 Å². The van der Waals surface area contributed by atoms with Crippen LogP contribution in [0.2, 0.25) is 0 Å². The summed E-state index contributed by atoms with van der Waals surface area (Å²) in [7, 11) is 0. The predicted octanol–water partition coefficient (Wildman–Crippen LogP) is 4.19. The summed E-state index contributed by atoms with van der Waals surface area (Å²) in [6.07, 6.45) is 6.59. The molecule has 32 heavy (non-hydrogen) atoms. The second-order valence-electron chi connectivity index (χ2n) is 7.89. The van der Waals surface area contributed by atoms with Gasteiger partial charge >= 0.3 is 0 Å². The van der Waals surface area contributed by atoms with Gasteiger partial charge in [-0.15, -0.1) is 0 Å². The van der Waals surface area contributed by atoms with Crippen molar-refractivity contribution in [3.05, 3.63) is 49.1 Å². The smallest absolute Gasteiger partial charge is 0.251 e. The van der Waals surface area contributed by atoms with Crippen LogP contribution in [0.1, 0.15) is 12.8 Å². The molecule has 0 amide bonds. The quantitative estimate of drug-likeness (QED) is 0.443. The van der Waals surface area contributed by atoms with Crippen LogP contribution in [0, 0.1) is 0 Å². The van der Waals surface area contributed by atoms with E-state index >= 15 is 0 Å². The number of pyridine rings is 3. The summed E-state index contributed by atoms with van der Waals surface area (Å²) < 4.78 is 27.2. The predicted molar refractivity (Wildman–Crippen MR) is 116 cm³/mol. The normalized spacial score (nSPS) is 16.1. The molecule has 0 radical (unpaired) electrons. The minimum absolute atomic E-state index is 0.161. The van der Waals surface area contributed by atoms with Gasteiger partial charge in [-0.3, -0.25) is 10.1 Å². The molecule has 2 N–H and O–H groups in total. The van der Waals surface area contributed by atoms with E-state index in [0.29, 0.717) is 28.3 Å². The van der Waals surface area contributed by atoms with Crippen molar-refractivity contribution in [1.82, 2.24) is 35.1 Å². The summed E-state index contributed by atoms with van der Waals surface area (Å²) in [5.41, 5.74) is 5.18. The third kappa shape index (κ3) is 3.15. The van der Waals surface area contributed by atoms with Crippen molar-refractivity contribution in [2.75, 3.05) is 18.0 Å². The van der Waals surface area contributed by atoms with Crippen molar-refractivity contribution in [2.45, 2.75) is 18.8 Å². The number of fused-ring (bicyclic) bond motifs is 2. The average Bonchev–Trinajstić information content (AvgIpc) is 3.43. The van der Waals surface area contributed by atoms with Crippen molar-refractivity contribution in [1.29, 1.82) is 0 Å². The second-order valence-corrected chi connectivity index (χ2v) is 7.89. The fourth-order valence-electron chi connectivity index (χ4n) is 4.13. The van der Waals surface area contributed by atoms with Crippen LogP contribution in [-0.4, -0.2) is 54.1 Å². The van der Waals surface area contributed by atoms with Gasteiger partial charge < -0.3 is 9.88 Å².